The van der Waals surface area contributed by atoms with Crippen molar-refractivity contribution in [3.05, 3.63) is 48.4 Å². The average molecular weight is 299 g/mol. The lowest BCUT2D eigenvalue weighted by Gasteiger charge is -2.13. The molecule has 2 aromatic heterocycles. The number of nitrogens with zero attached hydrogens (tertiary/aromatic N) is 4. The van der Waals surface area contributed by atoms with Crippen LogP contribution in [0.5, 0.6) is 0 Å². The van der Waals surface area contributed by atoms with Gasteiger partial charge < -0.3 is 5.73 Å². The molecule has 0 saturated heterocycles. The molecule has 1 unspecified atom stereocenters. The van der Waals surface area contributed by atoms with Gasteiger partial charge in [-0.3, -0.25) is 9.48 Å². The van der Waals surface area contributed by atoms with Crippen LogP contribution in [0.2, 0.25) is 0 Å². The second-order valence-electron chi connectivity index (χ2n) is 4.50. The highest BCUT2D eigenvalue weighted by Crippen LogP contribution is 2.36. The van der Waals surface area contributed by atoms with Crippen molar-refractivity contribution in [2.75, 3.05) is 0 Å². The van der Waals surface area contributed by atoms with Gasteiger partial charge in [-0.15, -0.1) is 0 Å². The lowest BCUT2D eigenvalue weighted by molar-refractivity contribution is -0.117. The van der Waals surface area contributed by atoms with Crippen LogP contribution < -0.4 is 5.73 Å². The van der Waals surface area contributed by atoms with Gasteiger partial charge in [-0.2, -0.15) is 5.10 Å². The van der Waals surface area contributed by atoms with Crippen molar-refractivity contribution in [1.82, 2.24) is 19.7 Å². The maximum Gasteiger partial charge on any atom is 0.235 e. The van der Waals surface area contributed by atoms with E-state index in [-0.39, 0.29) is 0 Å². The van der Waals surface area contributed by atoms with Gasteiger partial charge in [0.1, 0.15) is 16.6 Å². The minimum Gasteiger partial charge on any atom is -0.368 e. The van der Waals surface area contributed by atoms with Gasteiger partial charge in [0.25, 0.3) is 0 Å². The molecule has 0 fully saturated rings. The zero-order valence-electron chi connectivity index (χ0n) is 11.3. The molecule has 106 valence electrons. The number of primary amides is 1. The van der Waals surface area contributed by atoms with E-state index in [1.165, 1.54) is 18.1 Å². The maximum atomic E-state index is 11.8. The Morgan fingerprint density at radius 2 is 2.05 bits per heavy atom. The quantitative estimate of drug-likeness (QED) is 0.585. The van der Waals surface area contributed by atoms with Crippen LogP contribution in [0.4, 0.5) is 0 Å². The van der Waals surface area contributed by atoms with Gasteiger partial charge in [0.2, 0.25) is 5.91 Å². The molecule has 1 amide bonds. The Labute approximate surface area is 125 Å². The molecule has 2 heterocycles. The number of fused-ring (bicyclic) bond motifs is 1. The van der Waals surface area contributed by atoms with Crippen LogP contribution in [0, 0.1) is 0 Å². The van der Waals surface area contributed by atoms with Gasteiger partial charge in [0, 0.05) is 7.05 Å². The number of amides is 1. The zero-order valence-corrected chi connectivity index (χ0v) is 12.1. The summed E-state index contributed by atoms with van der Waals surface area (Å²) >= 11 is 1.31. The number of carbonyl (C=O) groups excluding carboxylic acids is 1. The Balaban J connectivity index is 2.01. The molecule has 0 aliphatic carbocycles. The summed E-state index contributed by atoms with van der Waals surface area (Å²) in [6.45, 7) is 0. The van der Waals surface area contributed by atoms with Crippen LogP contribution in [-0.2, 0) is 11.8 Å². The van der Waals surface area contributed by atoms with Gasteiger partial charge in [-0.05, 0) is 5.56 Å². The van der Waals surface area contributed by atoms with E-state index >= 15 is 0 Å². The number of hydrogen-bond donors (Lipinski definition) is 1. The molecule has 3 aromatic rings. The topological polar surface area (TPSA) is 86.7 Å². The third-order valence-corrected chi connectivity index (χ3v) is 4.37. The molecule has 0 aliphatic rings. The van der Waals surface area contributed by atoms with Crippen molar-refractivity contribution < 1.29 is 4.79 Å². The number of rotatable bonds is 4. The highest BCUT2D eigenvalue weighted by Gasteiger charge is 2.21. The summed E-state index contributed by atoms with van der Waals surface area (Å²) in [5, 5.41) is 5.18. The second kappa shape index (κ2) is 5.53. The number of carbonyl (C=O) groups is 1. The number of hydrogen-bond acceptors (Lipinski definition) is 5. The fourth-order valence-electron chi connectivity index (χ4n) is 2.06. The standard InChI is InChI=1S/C14H13N5OS/c1-19-13-10(7-18-19)14(17-8-16-13)21-11(12(15)20)9-5-3-2-4-6-9/h2-8,11H,1H3,(H2,15,20). The van der Waals surface area contributed by atoms with Crippen molar-refractivity contribution in [2.45, 2.75) is 10.3 Å². The largest absolute Gasteiger partial charge is 0.368 e. The first-order valence-electron chi connectivity index (χ1n) is 6.30. The first-order valence-corrected chi connectivity index (χ1v) is 7.18. The predicted molar refractivity (Wildman–Crippen MR) is 80.5 cm³/mol. The minimum atomic E-state index is -0.496. The van der Waals surface area contributed by atoms with E-state index in [1.807, 2.05) is 37.4 Å². The molecular formula is C14H13N5OS. The summed E-state index contributed by atoms with van der Waals surface area (Å²) in [5.74, 6) is -0.401. The van der Waals surface area contributed by atoms with Gasteiger partial charge in [-0.1, -0.05) is 42.1 Å². The van der Waals surface area contributed by atoms with E-state index in [2.05, 4.69) is 15.1 Å². The van der Waals surface area contributed by atoms with Gasteiger partial charge in [0.05, 0.1) is 11.6 Å². The third-order valence-electron chi connectivity index (χ3n) is 3.08. The monoisotopic (exact) mass is 299 g/mol. The molecule has 3 rings (SSSR count). The van der Waals surface area contributed by atoms with Gasteiger partial charge in [0.15, 0.2) is 5.65 Å². The van der Waals surface area contributed by atoms with Crippen LogP contribution in [-0.4, -0.2) is 25.7 Å². The lowest BCUT2D eigenvalue weighted by Crippen LogP contribution is -2.19. The fraction of sp³-hybridized carbons (Fsp3) is 0.143. The minimum absolute atomic E-state index is 0.401. The second-order valence-corrected chi connectivity index (χ2v) is 5.59. The van der Waals surface area contributed by atoms with Crippen molar-refractivity contribution in [3.63, 3.8) is 0 Å². The van der Waals surface area contributed by atoms with Crippen LogP contribution >= 0.6 is 11.8 Å². The summed E-state index contributed by atoms with van der Waals surface area (Å²) in [6.07, 6.45) is 3.16. The molecule has 1 aromatic carbocycles. The molecule has 0 bridgehead atoms. The Kier molecular flexibility index (Phi) is 3.57. The molecule has 0 saturated carbocycles. The van der Waals surface area contributed by atoms with Gasteiger partial charge >= 0.3 is 0 Å². The molecule has 2 N–H and O–H groups in total. The van der Waals surface area contributed by atoms with E-state index in [0.29, 0.717) is 5.03 Å². The van der Waals surface area contributed by atoms with E-state index in [4.69, 9.17) is 5.73 Å². The summed E-state index contributed by atoms with van der Waals surface area (Å²) in [7, 11) is 1.81. The Morgan fingerprint density at radius 3 is 2.76 bits per heavy atom. The fourth-order valence-corrected chi connectivity index (χ4v) is 3.08. The Bertz CT molecular complexity index is 786. The van der Waals surface area contributed by atoms with E-state index in [1.54, 1.807) is 10.9 Å². The third kappa shape index (κ3) is 2.59. The van der Waals surface area contributed by atoms with Crippen molar-refractivity contribution in [2.24, 2.45) is 12.8 Å². The Hall–Kier alpha value is -2.41. The summed E-state index contributed by atoms with van der Waals surface area (Å²) in [5.41, 5.74) is 7.12. The lowest BCUT2D eigenvalue weighted by atomic mass is 10.1. The molecule has 6 nitrogen and oxygen atoms in total. The normalized spacial score (nSPS) is 12.4. The molecular weight excluding hydrogens is 286 g/mol. The van der Waals surface area contributed by atoms with Crippen LogP contribution in [0.25, 0.3) is 11.0 Å². The first kappa shape index (κ1) is 13.6. The SMILES string of the molecule is Cn1ncc2c(SC(C(N)=O)c3ccccc3)ncnc21. The number of thioether (sulfide) groups is 1. The van der Waals surface area contributed by atoms with Crippen molar-refractivity contribution >= 4 is 28.7 Å². The van der Waals surface area contributed by atoms with Crippen molar-refractivity contribution in [3.8, 4) is 0 Å². The van der Waals surface area contributed by atoms with Crippen LogP contribution in [0.1, 0.15) is 10.8 Å². The smallest absolute Gasteiger partial charge is 0.235 e. The molecule has 0 aliphatic heterocycles. The predicted octanol–water partition coefficient (Wildman–Crippen LogP) is 1.68. The highest BCUT2D eigenvalue weighted by molar-refractivity contribution is 8.00. The highest BCUT2D eigenvalue weighted by atomic mass is 32.2. The number of aromatic nitrogens is 4. The molecule has 7 heteroatoms. The van der Waals surface area contributed by atoms with Gasteiger partial charge in [-0.25, -0.2) is 9.97 Å². The first-order chi connectivity index (χ1) is 10.2. The molecule has 0 radical (unpaired) electrons. The molecule has 0 spiro atoms. The number of nitrogens with two attached hydrogens (primary N) is 1. The molecule has 1 atom stereocenters. The van der Waals surface area contributed by atoms with E-state index in [0.717, 1.165) is 16.6 Å². The van der Waals surface area contributed by atoms with Crippen LogP contribution in [0.3, 0.4) is 0 Å². The molecule has 21 heavy (non-hydrogen) atoms. The zero-order chi connectivity index (χ0) is 14.8. The summed E-state index contributed by atoms with van der Waals surface area (Å²) in [4.78, 5) is 20.2. The Morgan fingerprint density at radius 1 is 1.29 bits per heavy atom. The van der Waals surface area contributed by atoms with Crippen molar-refractivity contribution in [1.29, 1.82) is 0 Å². The summed E-state index contributed by atoms with van der Waals surface area (Å²) in [6, 6.07) is 9.42. The number of aryl methyl sites for hydroxylation is 1. The average Bonchev–Trinajstić information content (AvgIpc) is 2.88. The van der Waals surface area contributed by atoms with E-state index < -0.39 is 11.2 Å². The number of benzene rings is 1. The van der Waals surface area contributed by atoms with E-state index in [9.17, 15) is 4.79 Å². The maximum absolute atomic E-state index is 11.8. The van der Waals surface area contributed by atoms with Crippen LogP contribution in [0.15, 0.2) is 47.9 Å². The summed E-state index contributed by atoms with van der Waals surface area (Å²) < 4.78 is 1.67.